The third-order valence-electron chi connectivity index (χ3n) is 9.44. The van der Waals surface area contributed by atoms with Crippen LogP contribution in [0.3, 0.4) is 0 Å². The molecule has 0 radical (unpaired) electrons. The van der Waals surface area contributed by atoms with Crippen LogP contribution in [-0.4, -0.2) is 89.6 Å². The molecule has 2 bridgehead atoms. The average molecular weight is 513 g/mol. The fourth-order valence-electron chi connectivity index (χ4n) is 7.94. The molecule has 0 unspecified atom stereocenters. The zero-order valence-corrected chi connectivity index (χ0v) is 22.1. The van der Waals surface area contributed by atoms with E-state index in [-0.39, 0.29) is 49.8 Å². The Morgan fingerprint density at radius 3 is 2.42 bits per heavy atom. The number of aliphatic hydroxyl groups excluding tert-OH is 1. The molecular formula is C26H40O10. The first kappa shape index (κ1) is 27.5. The second kappa shape index (κ2) is 10.3. The summed E-state index contributed by atoms with van der Waals surface area (Å²) in [5.74, 6) is -1.86. The van der Waals surface area contributed by atoms with Crippen molar-refractivity contribution in [1.82, 2.24) is 0 Å². The van der Waals surface area contributed by atoms with Gasteiger partial charge in [-0.15, -0.1) is 0 Å². The standard InChI is InChI=1S/C26H40O10/c1-15-16-7-10-25-12-36-26(23(29)33-6,18(25)11-19(28)32-5)22(35-14-31-4)20(34-13-30-3)21(25)24(16,2)9-8-17(15)27/h7,10,15-18,20-22,27H,8-9,11-14H2,1-6H3/t15-,16-,17-,18+,20+,21+,22-,24-,25+,26-/m0/s1. The van der Waals surface area contributed by atoms with Crippen LogP contribution in [-0.2, 0) is 42.7 Å². The van der Waals surface area contributed by atoms with Crippen LogP contribution in [0, 0.1) is 34.5 Å². The number of rotatable bonds is 9. The van der Waals surface area contributed by atoms with E-state index in [9.17, 15) is 14.7 Å². The fraction of sp³-hybridized carbons (Fsp3) is 0.846. The van der Waals surface area contributed by atoms with E-state index < -0.39 is 47.2 Å². The summed E-state index contributed by atoms with van der Waals surface area (Å²) >= 11 is 0. The first-order valence-corrected chi connectivity index (χ1v) is 12.6. The summed E-state index contributed by atoms with van der Waals surface area (Å²) in [7, 11) is 5.66. The Morgan fingerprint density at radius 1 is 1.08 bits per heavy atom. The number of carbonyl (C=O) groups excluding carboxylic acids is 2. The van der Waals surface area contributed by atoms with Gasteiger partial charge in [-0.3, -0.25) is 4.79 Å². The number of hydrogen-bond acceptors (Lipinski definition) is 10. The van der Waals surface area contributed by atoms with Gasteiger partial charge in [-0.1, -0.05) is 26.0 Å². The molecular weight excluding hydrogens is 472 g/mol. The van der Waals surface area contributed by atoms with E-state index in [1.807, 2.05) is 0 Å². The van der Waals surface area contributed by atoms with Gasteiger partial charge in [0.25, 0.3) is 0 Å². The minimum atomic E-state index is -1.62. The third kappa shape index (κ3) is 3.84. The van der Waals surface area contributed by atoms with E-state index in [0.29, 0.717) is 6.42 Å². The maximum Gasteiger partial charge on any atom is 0.341 e. The number of allylic oxidation sites excluding steroid dienone is 1. The number of aliphatic hydroxyl groups is 1. The molecule has 1 heterocycles. The summed E-state index contributed by atoms with van der Waals surface area (Å²) in [6.45, 7) is 4.33. The van der Waals surface area contributed by atoms with Crippen LogP contribution >= 0.6 is 0 Å². The van der Waals surface area contributed by atoms with Crippen molar-refractivity contribution in [3.05, 3.63) is 12.2 Å². The topological polar surface area (TPSA) is 119 Å². The van der Waals surface area contributed by atoms with Crippen molar-refractivity contribution < 1.29 is 47.9 Å². The van der Waals surface area contributed by atoms with Crippen molar-refractivity contribution in [1.29, 1.82) is 0 Å². The number of hydrogen-bond donors (Lipinski definition) is 1. The molecule has 1 saturated heterocycles. The molecule has 10 atom stereocenters. The molecule has 3 fully saturated rings. The number of fused-ring (bicyclic) bond motifs is 3. The summed E-state index contributed by atoms with van der Waals surface area (Å²) in [5, 5.41) is 10.7. The van der Waals surface area contributed by atoms with Gasteiger partial charge < -0.3 is 38.3 Å². The van der Waals surface area contributed by atoms with Gasteiger partial charge in [-0.25, -0.2) is 4.79 Å². The number of ether oxygens (including phenoxy) is 7. The minimum absolute atomic E-state index is 0.0208. The van der Waals surface area contributed by atoms with Crippen molar-refractivity contribution in [3.63, 3.8) is 0 Å². The summed E-state index contributed by atoms with van der Waals surface area (Å²) in [6, 6.07) is 0. The Hall–Kier alpha value is -1.56. The van der Waals surface area contributed by atoms with Crippen LogP contribution in [0.2, 0.25) is 0 Å². The predicted octanol–water partition coefficient (Wildman–Crippen LogP) is 1.69. The van der Waals surface area contributed by atoms with Gasteiger partial charge in [0, 0.05) is 31.5 Å². The number of carbonyl (C=O) groups is 2. The highest BCUT2D eigenvalue weighted by Gasteiger charge is 2.78. The van der Waals surface area contributed by atoms with Crippen molar-refractivity contribution in [2.75, 3.05) is 48.6 Å². The number of methoxy groups -OCH3 is 4. The van der Waals surface area contributed by atoms with E-state index in [2.05, 4.69) is 26.0 Å². The summed E-state index contributed by atoms with van der Waals surface area (Å²) < 4.78 is 39.9. The van der Waals surface area contributed by atoms with E-state index >= 15 is 0 Å². The van der Waals surface area contributed by atoms with Crippen LogP contribution in [0.5, 0.6) is 0 Å². The molecule has 0 aromatic rings. The Bertz CT molecular complexity index is 862. The molecule has 3 aliphatic carbocycles. The Morgan fingerprint density at radius 2 is 1.78 bits per heavy atom. The first-order valence-electron chi connectivity index (χ1n) is 12.6. The van der Waals surface area contributed by atoms with Gasteiger partial charge in [-0.05, 0) is 30.1 Å². The monoisotopic (exact) mass is 512 g/mol. The molecule has 0 aromatic carbocycles. The van der Waals surface area contributed by atoms with E-state index in [1.54, 1.807) is 0 Å². The van der Waals surface area contributed by atoms with Crippen molar-refractivity contribution in [2.45, 2.75) is 57.0 Å². The van der Waals surface area contributed by atoms with E-state index in [0.717, 1.165) is 6.42 Å². The molecule has 4 rings (SSSR count). The largest absolute Gasteiger partial charge is 0.469 e. The Kier molecular flexibility index (Phi) is 7.86. The lowest BCUT2D eigenvalue weighted by Crippen LogP contribution is -2.72. The van der Waals surface area contributed by atoms with Crippen LogP contribution in [0.1, 0.15) is 33.1 Å². The Labute approximate surface area is 212 Å². The van der Waals surface area contributed by atoms with Gasteiger partial charge in [0.1, 0.15) is 19.7 Å². The van der Waals surface area contributed by atoms with Crippen LogP contribution in [0.4, 0.5) is 0 Å². The Balaban J connectivity index is 1.96. The molecule has 1 spiro atoms. The van der Waals surface area contributed by atoms with Crippen LogP contribution in [0.15, 0.2) is 12.2 Å². The highest BCUT2D eigenvalue weighted by atomic mass is 16.7. The smallest absolute Gasteiger partial charge is 0.341 e. The average Bonchev–Trinajstić information content (AvgIpc) is 3.10. The molecule has 36 heavy (non-hydrogen) atoms. The lowest BCUT2D eigenvalue weighted by atomic mass is 9.41. The van der Waals surface area contributed by atoms with E-state index in [1.165, 1.54) is 28.4 Å². The molecule has 10 nitrogen and oxygen atoms in total. The second-order valence-corrected chi connectivity index (χ2v) is 10.9. The fourth-order valence-corrected chi connectivity index (χ4v) is 7.94. The summed E-state index contributed by atoms with van der Waals surface area (Å²) in [5.41, 5.74) is -2.70. The van der Waals surface area contributed by atoms with Gasteiger partial charge >= 0.3 is 11.9 Å². The van der Waals surface area contributed by atoms with Gasteiger partial charge in [0.2, 0.25) is 0 Å². The quantitative estimate of drug-likeness (QED) is 0.278. The molecule has 1 N–H and O–H groups in total. The molecule has 4 aliphatic rings. The maximum atomic E-state index is 13.6. The predicted molar refractivity (Wildman–Crippen MR) is 125 cm³/mol. The van der Waals surface area contributed by atoms with Crippen molar-refractivity contribution >= 4 is 11.9 Å². The maximum absolute atomic E-state index is 13.6. The molecule has 10 heteroatoms. The van der Waals surface area contributed by atoms with E-state index in [4.69, 9.17) is 33.2 Å². The SMILES string of the molecule is COCO[C@@H]1[C@@H]2[C@@]3(C)CC[C@H](O)[C@@H](C)[C@@H]3C=C[C@]23CO[C@@](C(=O)OC)([C@@H]3CC(=O)OC)[C@H]1OCOC. The molecule has 0 aromatic heterocycles. The normalized spacial score (nSPS) is 45.0. The zero-order valence-electron chi connectivity index (χ0n) is 22.1. The third-order valence-corrected chi connectivity index (χ3v) is 9.44. The summed E-state index contributed by atoms with van der Waals surface area (Å²) in [6.07, 6.45) is 3.55. The van der Waals surface area contributed by atoms with Crippen LogP contribution < -0.4 is 0 Å². The molecule has 2 saturated carbocycles. The zero-order chi connectivity index (χ0) is 26.3. The summed E-state index contributed by atoms with van der Waals surface area (Å²) in [4.78, 5) is 26.3. The van der Waals surface area contributed by atoms with Gasteiger partial charge in [0.05, 0.1) is 39.5 Å². The highest BCUT2D eigenvalue weighted by molar-refractivity contribution is 5.84. The highest BCUT2D eigenvalue weighted by Crippen LogP contribution is 2.70. The van der Waals surface area contributed by atoms with Gasteiger partial charge in [0.15, 0.2) is 5.60 Å². The van der Waals surface area contributed by atoms with Crippen molar-refractivity contribution in [2.24, 2.45) is 34.5 Å². The van der Waals surface area contributed by atoms with Crippen molar-refractivity contribution in [3.8, 4) is 0 Å². The minimum Gasteiger partial charge on any atom is -0.469 e. The molecule has 204 valence electrons. The second-order valence-electron chi connectivity index (χ2n) is 10.9. The molecule has 1 aliphatic heterocycles. The lowest BCUT2D eigenvalue weighted by Gasteiger charge is -2.64. The number of esters is 2. The lowest BCUT2D eigenvalue weighted by molar-refractivity contribution is -0.274. The van der Waals surface area contributed by atoms with Gasteiger partial charge in [-0.2, -0.15) is 0 Å². The van der Waals surface area contributed by atoms with Crippen LogP contribution in [0.25, 0.3) is 0 Å². The first-order chi connectivity index (χ1) is 17.2. The molecule has 0 amide bonds.